The van der Waals surface area contributed by atoms with E-state index in [-0.39, 0.29) is 5.91 Å². The van der Waals surface area contributed by atoms with Gasteiger partial charge in [0.15, 0.2) is 5.82 Å². The lowest BCUT2D eigenvalue weighted by Crippen LogP contribution is -2.31. The van der Waals surface area contributed by atoms with E-state index in [4.69, 9.17) is 10.1 Å². The molecule has 158 valence electrons. The highest BCUT2D eigenvalue weighted by molar-refractivity contribution is 9.10. The number of rotatable bonds is 4. The quantitative estimate of drug-likeness (QED) is 0.392. The lowest BCUT2D eigenvalue weighted by atomic mass is 9.95. The van der Waals surface area contributed by atoms with Crippen molar-refractivity contribution in [3.8, 4) is 11.4 Å². The minimum atomic E-state index is -0.423. The van der Waals surface area contributed by atoms with Gasteiger partial charge in [-0.05, 0) is 36.8 Å². The maximum Gasteiger partial charge on any atom is 0.255 e. The van der Waals surface area contributed by atoms with Gasteiger partial charge in [-0.2, -0.15) is 4.98 Å². The Morgan fingerprint density at radius 1 is 0.969 bits per heavy atom. The molecule has 5 rings (SSSR count). The number of amides is 1. The van der Waals surface area contributed by atoms with E-state index in [1.807, 2.05) is 91.9 Å². The molecule has 0 saturated carbocycles. The molecule has 3 aromatic carbocycles. The number of halogens is 1. The molecule has 2 N–H and O–H groups in total. The number of fused-ring (bicyclic) bond motifs is 1. The number of carbonyl (C=O) groups is 1. The highest BCUT2D eigenvalue weighted by atomic mass is 79.9. The molecule has 0 aliphatic carbocycles. The summed E-state index contributed by atoms with van der Waals surface area (Å²) in [7, 11) is 0. The number of nitrogens with one attached hydrogen (secondary N) is 2. The van der Waals surface area contributed by atoms with E-state index in [1.54, 1.807) is 4.68 Å². The maximum atomic E-state index is 13.4. The Morgan fingerprint density at radius 2 is 1.62 bits per heavy atom. The van der Waals surface area contributed by atoms with Crippen molar-refractivity contribution in [1.29, 1.82) is 0 Å². The predicted molar refractivity (Wildman–Crippen MR) is 129 cm³/mol. The summed E-state index contributed by atoms with van der Waals surface area (Å²) in [5, 5.41) is 11.1. The Hall–Kier alpha value is -3.71. The van der Waals surface area contributed by atoms with Crippen LogP contribution in [0.15, 0.2) is 101 Å². The van der Waals surface area contributed by atoms with E-state index in [2.05, 4.69) is 26.6 Å². The number of aromatic nitrogens is 3. The van der Waals surface area contributed by atoms with Crippen molar-refractivity contribution < 1.29 is 4.79 Å². The zero-order chi connectivity index (χ0) is 22.1. The summed E-state index contributed by atoms with van der Waals surface area (Å²) in [5.41, 5.74) is 3.93. The minimum absolute atomic E-state index is 0.184. The normalized spacial score (nSPS) is 15.1. The van der Waals surface area contributed by atoms with E-state index in [0.717, 1.165) is 27.0 Å². The summed E-state index contributed by atoms with van der Waals surface area (Å²) in [6.07, 6.45) is 0. The number of para-hydroxylation sites is 1. The van der Waals surface area contributed by atoms with Crippen molar-refractivity contribution in [2.45, 2.75) is 13.0 Å². The molecule has 1 atom stereocenters. The van der Waals surface area contributed by atoms with Crippen LogP contribution in [0.4, 0.5) is 11.6 Å². The number of nitrogens with zero attached hydrogens (tertiary/aromatic N) is 3. The number of carbonyl (C=O) groups excluding carboxylic acids is 1. The number of hydrogen-bond acceptors (Lipinski definition) is 4. The molecule has 0 radical (unpaired) electrons. The molecule has 32 heavy (non-hydrogen) atoms. The Morgan fingerprint density at radius 3 is 2.31 bits per heavy atom. The van der Waals surface area contributed by atoms with Gasteiger partial charge in [-0.1, -0.05) is 76.6 Å². The smallest absolute Gasteiger partial charge is 0.255 e. The van der Waals surface area contributed by atoms with Crippen LogP contribution in [0, 0.1) is 0 Å². The third kappa shape index (κ3) is 3.83. The largest absolute Gasteiger partial charge is 0.328 e. The van der Waals surface area contributed by atoms with Crippen LogP contribution >= 0.6 is 15.9 Å². The zero-order valence-corrected chi connectivity index (χ0v) is 18.9. The second-order valence-corrected chi connectivity index (χ2v) is 8.42. The van der Waals surface area contributed by atoms with Crippen molar-refractivity contribution in [1.82, 2.24) is 14.8 Å². The summed E-state index contributed by atoms with van der Waals surface area (Å²) in [6, 6.07) is 26.8. The first-order chi connectivity index (χ1) is 15.6. The van der Waals surface area contributed by atoms with Crippen LogP contribution in [-0.4, -0.2) is 20.7 Å². The van der Waals surface area contributed by atoms with Crippen LogP contribution in [-0.2, 0) is 4.79 Å². The third-order valence-corrected chi connectivity index (χ3v) is 5.88. The van der Waals surface area contributed by atoms with Gasteiger partial charge in [0.1, 0.15) is 6.04 Å². The molecule has 1 aromatic heterocycles. The van der Waals surface area contributed by atoms with Gasteiger partial charge in [-0.25, -0.2) is 4.68 Å². The van der Waals surface area contributed by atoms with Crippen molar-refractivity contribution >= 4 is 33.5 Å². The van der Waals surface area contributed by atoms with Gasteiger partial charge >= 0.3 is 0 Å². The maximum absolute atomic E-state index is 13.4. The highest BCUT2D eigenvalue weighted by Gasteiger charge is 2.34. The Labute approximate surface area is 194 Å². The van der Waals surface area contributed by atoms with Crippen LogP contribution in [0.5, 0.6) is 0 Å². The molecule has 0 spiro atoms. The monoisotopic (exact) mass is 485 g/mol. The zero-order valence-electron chi connectivity index (χ0n) is 17.3. The number of benzene rings is 3. The first-order valence-corrected chi connectivity index (χ1v) is 11.0. The van der Waals surface area contributed by atoms with Gasteiger partial charge in [-0.3, -0.25) is 4.79 Å². The van der Waals surface area contributed by atoms with Crippen LogP contribution in [0.3, 0.4) is 0 Å². The van der Waals surface area contributed by atoms with Crippen molar-refractivity contribution in [3.63, 3.8) is 0 Å². The molecule has 1 amide bonds. The fourth-order valence-corrected chi connectivity index (χ4v) is 4.09. The second kappa shape index (κ2) is 8.43. The average Bonchev–Trinajstić information content (AvgIpc) is 3.23. The third-order valence-electron chi connectivity index (χ3n) is 5.35. The minimum Gasteiger partial charge on any atom is -0.328 e. The summed E-state index contributed by atoms with van der Waals surface area (Å²) in [5.74, 6) is 1.02. The van der Waals surface area contributed by atoms with E-state index < -0.39 is 6.04 Å². The van der Waals surface area contributed by atoms with Crippen molar-refractivity contribution in [2.75, 3.05) is 10.6 Å². The molecule has 0 saturated heterocycles. The van der Waals surface area contributed by atoms with E-state index in [9.17, 15) is 4.79 Å². The number of anilines is 2. The van der Waals surface area contributed by atoms with E-state index in [0.29, 0.717) is 17.3 Å². The molecule has 0 unspecified atom stereocenters. The molecule has 7 heteroatoms. The Kier molecular flexibility index (Phi) is 5.33. The molecule has 1 aliphatic heterocycles. The van der Waals surface area contributed by atoms with E-state index in [1.165, 1.54) is 0 Å². The van der Waals surface area contributed by atoms with Gasteiger partial charge in [0, 0.05) is 21.4 Å². The fourth-order valence-electron chi connectivity index (χ4n) is 3.83. The van der Waals surface area contributed by atoms with E-state index >= 15 is 0 Å². The average molecular weight is 486 g/mol. The van der Waals surface area contributed by atoms with Crippen molar-refractivity contribution in [2.24, 2.45) is 0 Å². The van der Waals surface area contributed by atoms with Crippen molar-refractivity contribution in [3.05, 3.63) is 106 Å². The van der Waals surface area contributed by atoms with Crippen LogP contribution < -0.4 is 10.6 Å². The molecular weight excluding hydrogens is 466 g/mol. The number of allylic oxidation sites excluding steroid dienone is 1. The topological polar surface area (TPSA) is 71.8 Å². The summed E-state index contributed by atoms with van der Waals surface area (Å²) >= 11 is 3.50. The predicted octanol–water partition coefficient (Wildman–Crippen LogP) is 5.64. The molecule has 0 fully saturated rings. The van der Waals surface area contributed by atoms with Crippen LogP contribution in [0.25, 0.3) is 11.4 Å². The molecular formula is C25H20BrN5O. The SMILES string of the molecule is CC1=C(C(=O)Nc2ccccc2)[C@@H](c2ccc(Br)cc2)n2nc(-c3ccccc3)nc2N1. The van der Waals surface area contributed by atoms with Gasteiger partial charge in [0.05, 0.1) is 5.57 Å². The number of hydrogen-bond donors (Lipinski definition) is 2. The Balaban J connectivity index is 1.60. The molecule has 4 aromatic rings. The van der Waals surface area contributed by atoms with Crippen LogP contribution in [0.2, 0.25) is 0 Å². The first kappa shape index (κ1) is 20.2. The first-order valence-electron chi connectivity index (χ1n) is 10.2. The van der Waals surface area contributed by atoms with Crippen LogP contribution in [0.1, 0.15) is 18.5 Å². The highest BCUT2D eigenvalue weighted by Crippen LogP contribution is 2.37. The summed E-state index contributed by atoms with van der Waals surface area (Å²) in [6.45, 7) is 1.89. The van der Waals surface area contributed by atoms with Gasteiger partial charge < -0.3 is 10.6 Å². The molecule has 6 nitrogen and oxygen atoms in total. The summed E-state index contributed by atoms with van der Waals surface area (Å²) in [4.78, 5) is 18.1. The van der Waals surface area contributed by atoms with Gasteiger partial charge in [0.25, 0.3) is 5.91 Å². The molecule has 2 heterocycles. The molecule has 0 bridgehead atoms. The lowest BCUT2D eigenvalue weighted by molar-refractivity contribution is -0.113. The van der Waals surface area contributed by atoms with Gasteiger partial charge in [-0.15, -0.1) is 5.10 Å². The Bertz CT molecular complexity index is 1300. The van der Waals surface area contributed by atoms with Gasteiger partial charge in [0.2, 0.25) is 5.95 Å². The second-order valence-electron chi connectivity index (χ2n) is 7.51. The molecule has 1 aliphatic rings. The fraction of sp³-hybridized carbons (Fsp3) is 0.0800. The summed E-state index contributed by atoms with van der Waals surface area (Å²) < 4.78 is 2.76. The lowest BCUT2D eigenvalue weighted by Gasteiger charge is -2.28. The standard InChI is InChI=1S/C25H20BrN5O/c1-16-21(24(32)28-20-10-6-3-7-11-20)22(17-12-14-19(26)15-13-17)31-25(27-16)29-23(30-31)18-8-4-2-5-9-18/h2-15,22H,1H3,(H,28,32)(H,27,29,30)/t22-/m1/s1.